The van der Waals surface area contributed by atoms with E-state index in [4.69, 9.17) is 9.84 Å². The number of fused-ring (bicyclic) bond motifs is 1. The molecule has 6 nitrogen and oxygen atoms in total. The van der Waals surface area contributed by atoms with Gasteiger partial charge in [0.2, 0.25) is 0 Å². The van der Waals surface area contributed by atoms with Gasteiger partial charge in [-0.05, 0) is 37.5 Å². The number of benzene rings is 1. The largest absolute Gasteiger partial charge is 0.478 e. The molecular formula is C13H15N3O3. The van der Waals surface area contributed by atoms with Gasteiger partial charge in [-0.1, -0.05) is 5.21 Å². The van der Waals surface area contributed by atoms with Crippen LogP contribution in [0.25, 0.3) is 11.0 Å². The summed E-state index contributed by atoms with van der Waals surface area (Å²) in [5.74, 6) is -0.934. The average Bonchev–Trinajstić information content (AvgIpc) is 3.03. The highest BCUT2D eigenvalue weighted by atomic mass is 16.5. The van der Waals surface area contributed by atoms with E-state index in [-0.39, 0.29) is 17.7 Å². The summed E-state index contributed by atoms with van der Waals surface area (Å²) in [6.45, 7) is 0. The van der Waals surface area contributed by atoms with E-state index in [1.165, 1.54) is 0 Å². The Balaban J connectivity index is 1.99. The lowest BCUT2D eigenvalue weighted by molar-refractivity contribution is 0.0697. The van der Waals surface area contributed by atoms with E-state index in [2.05, 4.69) is 10.3 Å². The van der Waals surface area contributed by atoms with E-state index in [1.807, 2.05) is 4.68 Å². The highest BCUT2D eigenvalue weighted by Crippen LogP contribution is 2.33. The van der Waals surface area contributed by atoms with Crippen molar-refractivity contribution in [3.63, 3.8) is 0 Å². The van der Waals surface area contributed by atoms with Crippen LogP contribution >= 0.6 is 0 Å². The number of carboxylic acid groups (broad SMARTS) is 1. The lowest BCUT2D eigenvalue weighted by Crippen LogP contribution is -2.10. The predicted molar refractivity (Wildman–Crippen MR) is 68.2 cm³/mol. The van der Waals surface area contributed by atoms with E-state index in [0.717, 1.165) is 30.3 Å². The van der Waals surface area contributed by atoms with Gasteiger partial charge in [0, 0.05) is 7.11 Å². The fraction of sp³-hybridized carbons (Fsp3) is 0.462. The van der Waals surface area contributed by atoms with E-state index < -0.39 is 5.97 Å². The molecular weight excluding hydrogens is 246 g/mol. The van der Waals surface area contributed by atoms with Gasteiger partial charge in [-0.2, -0.15) is 0 Å². The third kappa shape index (κ3) is 2.08. The fourth-order valence-electron chi connectivity index (χ4n) is 2.69. The lowest BCUT2D eigenvalue weighted by Gasteiger charge is -2.11. The predicted octanol–water partition coefficient (Wildman–Crippen LogP) is 1.87. The van der Waals surface area contributed by atoms with Crippen LogP contribution in [-0.2, 0) is 4.74 Å². The molecule has 1 aromatic heterocycles. The number of hydrogen-bond donors (Lipinski definition) is 1. The van der Waals surface area contributed by atoms with Crippen LogP contribution in [0.3, 0.4) is 0 Å². The minimum Gasteiger partial charge on any atom is -0.478 e. The van der Waals surface area contributed by atoms with Gasteiger partial charge in [0.05, 0.1) is 23.2 Å². The molecule has 0 radical (unpaired) electrons. The Kier molecular flexibility index (Phi) is 2.94. The van der Waals surface area contributed by atoms with Crippen LogP contribution < -0.4 is 0 Å². The van der Waals surface area contributed by atoms with Gasteiger partial charge in [0.15, 0.2) is 0 Å². The zero-order chi connectivity index (χ0) is 13.4. The van der Waals surface area contributed by atoms with Crippen LogP contribution in [0.4, 0.5) is 0 Å². The molecule has 0 saturated heterocycles. The second kappa shape index (κ2) is 4.62. The minimum atomic E-state index is -0.934. The SMILES string of the molecule is COC1CCC(n2nnc3ccc(C(=O)O)cc32)C1. The van der Waals surface area contributed by atoms with Gasteiger partial charge < -0.3 is 9.84 Å². The Bertz CT molecular complexity index is 623. The zero-order valence-electron chi connectivity index (χ0n) is 10.6. The Hall–Kier alpha value is -1.95. The van der Waals surface area contributed by atoms with Crippen molar-refractivity contribution in [3.8, 4) is 0 Å². The molecule has 1 aromatic carbocycles. The summed E-state index contributed by atoms with van der Waals surface area (Å²) in [7, 11) is 1.72. The summed E-state index contributed by atoms with van der Waals surface area (Å²) in [5.41, 5.74) is 1.77. The molecule has 0 bridgehead atoms. The van der Waals surface area contributed by atoms with Gasteiger partial charge in [-0.15, -0.1) is 5.10 Å². The second-order valence-electron chi connectivity index (χ2n) is 4.87. The zero-order valence-corrected chi connectivity index (χ0v) is 10.6. The number of aromatic nitrogens is 3. The topological polar surface area (TPSA) is 77.2 Å². The van der Waals surface area contributed by atoms with Crippen molar-refractivity contribution in [1.29, 1.82) is 0 Å². The number of aromatic carboxylic acids is 1. The summed E-state index contributed by atoms with van der Waals surface area (Å²) >= 11 is 0. The van der Waals surface area contributed by atoms with Gasteiger partial charge in [0.1, 0.15) is 5.52 Å². The molecule has 3 rings (SSSR count). The Morgan fingerprint density at radius 2 is 2.32 bits per heavy atom. The van der Waals surface area contributed by atoms with Crippen LogP contribution in [0.5, 0.6) is 0 Å². The summed E-state index contributed by atoms with van der Waals surface area (Å²) in [4.78, 5) is 11.0. The summed E-state index contributed by atoms with van der Waals surface area (Å²) < 4.78 is 7.19. The number of ether oxygens (including phenoxy) is 1. The van der Waals surface area contributed by atoms with Crippen LogP contribution in [0, 0.1) is 0 Å². The highest BCUT2D eigenvalue weighted by molar-refractivity contribution is 5.92. The molecule has 0 spiro atoms. The first-order valence-corrected chi connectivity index (χ1v) is 6.30. The van der Waals surface area contributed by atoms with Crippen molar-refractivity contribution in [2.24, 2.45) is 0 Å². The van der Waals surface area contributed by atoms with E-state index in [9.17, 15) is 4.79 Å². The van der Waals surface area contributed by atoms with Crippen molar-refractivity contribution in [1.82, 2.24) is 15.0 Å². The monoisotopic (exact) mass is 261 g/mol. The van der Waals surface area contributed by atoms with Gasteiger partial charge in [-0.3, -0.25) is 0 Å². The van der Waals surface area contributed by atoms with Crippen LogP contribution in [-0.4, -0.2) is 39.3 Å². The molecule has 1 aliphatic rings. The Morgan fingerprint density at radius 1 is 1.47 bits per heavy atom. The molecule has 2 atom stereocenters. The lowest BCUT2D eigenvalue weighted by atomic mass is 10.2. The van der Waals surface area contributed by atoms with E-state index in [0.29, 0.717) is 0 Å². The molecule has 100 valence electrons. The van der Waals surface area contributed by atoms with E-state index >= 15 is 0 Å². The number of hydrogen-bond acceptors (Lipinski definition) is 4. The molecule has 19 heavy (non-hydrogen) atoms. The molecule has 1 aliphatic carbocycles. The number of rotatable bonds is 3. The quantitative estimate of drug-likeness (QED) is 0.912. The fourth-order valence-corrected chi connectivity index (χ4v) is 2.69. The normalized spacial score (nSPS) is 23.0. The minimum absolute atomic E-state index is 0.235. The van der Waals surface area contributed by atoms with Crippen LogP contribution in [0.2, 0.25) is 0 Å². The maximum Gasteiger partial charge on any atom is 0.335 e. The first-order chi connectivity index (χ1) is 9.19. The summed E-state index contributed by atoms with van der Waals surface area (Å²) in [6.07, 6.45) is 3.13. The summed E-state index contributed by atoms with van der Waals surface area (Å²) in [6, 6.07) is 5.12. The average molecular weight is 261 g/mol. The third-order valence-corrected chi connectivity index (χ3v) is 3.75. The standard InChI is InChI=1S/C13H15N3O3/c1-19-10-4-3-9(7-10)16-12-6-8(13(17)18)2-5-11(12)14-15-16/h2,5-6,9-10H,3-4,7H2,1H3,(H,17,18). The van der Waals surface area contributed by atoms with Gasteiger partial charge in [-0.25, -0.2) is 9.48 Å². The molecule has 1 N–H and O–H groups in total. The molecule has 1 heterocycles. The number of nitrogens with zero attached hydrogens (tertiary/aromatic N) is 3. The molecule has 0 aliphatic heterocycles. The molecule has 1 saturated carbocycles. The van der Waals surface area contributed by atoms with Gasteiger partial charge in [0.25, 0.3) is 0 Å². The number of carboxylic acids is 1. The highest BCUT2D eigenvalue weighted by Gasteiger charge is 2.27. The molecule has 1 fully saturated rings. The first-order valence-electron chi connectivity index (χ1n) is 6.30. The number of methoxy groups -OCH3 is 1. The molecule has 0 amide bonds. The van der Waals surface area contributed by atoms with Crippen molar-refractivity contribution in [3.05, 3.63) is 23.8 Å². The smallest absolute Gasteiger partial charge is 0.335 e. The number of carbonyl (C=O) groups is 1. The third-order valence-electron chi connectivity index (χ3n) is 3.75. The van der Waals surface area contributed by atoms with Crippen molar-refractivity contribution in [2.45, 2.75) is 31.4 Å². The van der Waals surface area contributed by atoms with Crippen molar-refractivity contribution < 1.29 is 14.6 Å². The molecule has 2 unspecified atom stereocenters. The maximum atomic E-state index is 11.0. The second-order valence-corrected chi connectivity index (χ2v) is 4.87. The van der Waals surface area contributed by atoms with Crippen molar-refractivity contribution >= 4 is 17.0 Å². The van der Waals surface area contributed by atoms with Crippen molar-refractivity contribution in [2.75, 3.05) is 7.11 Å². The first kappa shape index (κ1) is 12.1. The molecule has 2 aromatic rings. The van der Waals surface area contributed by atoms with Crippen LogP contribution in [0.1, 0.15) is 35.7 Å². The molecule has 6 heteroatoms. The maximum absolute atomic E-state index is 11.0. The van der Waals surface area contributed by atoms with E-state index in [1.54, 1.807) is 25.3 Å². The Labute approximate surface area is 110 Å². The van der Waals surface area contributed by atoms with Crippen LogP contribution in [0.15, 0.2) is 18.2 Å². The summed E-state index contributed by atoms with van der Waals surface area (Å²) in [5, 5.41) is 17.3. The Morgan fingerprint density at radius 3 is 3.00 bits per heavy atom. The van der Waals surface area contributed by atoms with Gasteiger partial charge >= 0.3 is 5.97 Å².